The molecule has 0 amide bonds. The lowest BCUT2D eigenvalue weighted by atomic mass is 10.1. The third kappa shape index (κ3) is 1.68. The van der Waals surface area contributed by atoms with Gasteiger partial charge in [0.1, 0.15) is 17.4 Å². The van der Waals surface area contributed by atoms with E-state index in [4.69, 9.17) is 4.74 Å². The number of rotatable bonds is 1. The van der Waals surface area contributed by atoms with E-state index in [0.29, 0.717) is 5.52 Å². The van der Waals surface area contributed by atoms with Gasteiger partial charge in [0.2, 0.25) is 0 Å². The molecule has 0 bridgehead atoms. The van der Waals surface area contributed by atoms with Crippen LogP contribution < -0.4 is 4.74 Å². The molecule has 94 valence electrons. The summed E-state index contributed by atoms with van der Waals surface area (Å²) in [5, 5.41) is 0. The number of ether oxygens (including phenoxy) is 1. The molecule has 4 rings (SSSR count). The largest absolute Gasteiger partial charge is 0.493 e. The zero-order valence-electron chi connectivity index (χ0n) is 10.1. The summed E-state index contributed by atoms with van der Waals surface area (Å²) in [6.07, 6.45) is 0.929. The van der Waals surface area contributed by atoms with Gasteiger partial charge in [-0.1, -0.05) is 0 Å². The summed E-state index contributed by atoms with van der Waals surface area (Å²) >= 11 is 0. The quantitative estimate of drug-likeness (QED) is 0.723. The van der Waals surface area contributed by atoms with Crippen molar-refractivity contribution >= 4 is 11.0 Å². The number of nitrogens with zero attached hydrogens (tertiary/aromatic N) is 1. The van der Waals surface area contributed by atoms with Gasteiger partial charge in [0.05, 0.1) is 17.6 Å². The van der Waals surface area contributed by atoms with Crippen LogP contribution in [0, 0.1) is 5.82 Å². The van der Waals surface area contributed by atoms with E-state index < -0.39 is 0 Å². The van der Waals surface area contributed by atoms with Gasteiger partial charge in [-0.15, -0.1) is 0 Å². The molecule has 0 saturated carbocycles. The first-order valence-electron chi connectivity index (χ1n) is 6.21. The van der Waals surface area contributed by atoms with Crippen LogP contribution in [0.15, 0.2) is 36.4 Å². The first-order chi connectivity index (χ1) is 9.29. The molecule has 2 aromatic carbocycles. The van der Waals surface area contributed by atoms with Crippen molar-refractivity contribution in [2.45, 2.75) is 6.42 Å². The standard InChI is InChI=1S/C15H11FN2O/c16-11-2-3-12-13(8-11)18-15(17-12)10-1-4-14-9(7-10)5-6-19-14/h1-4,7-8H,5-6H2,(H,17,18). The minimum atomic E-state index is -0.259. The molecule has 1 N–H and O–H groups in total. The molecule has 0 radical (unpaired) electrons. The number of imidazole rings is 1. The van der Waals surface area contributed by atoms with Crippen molar-refractivity contribution in [3.05, 3.63) is 47.8 Å². The molecule has 3 nitrogen and oxygen atoms in total. The highest BCUT2D eigenvalue weighted by Gasteiger charge is 2.14. The van der Waals surface area contributed by atoms with Crippen LogP contribution in [0.25, 0.3) is 22.4 Å². The van der Waals surface area contributed by atoms with E-state index in [1.165, 1.54) is 17.7 Å². The second kappa shape index (κ2) is 3.82. The number of fused-ring (bicyclic) bond motifs is 2. The monoisotopic (exact) mass is 254 g/mol. The van der Waals surface area contributed by atoms with E-state index in [0.717, 1.165) is 35.7 Å². The fourth-order valence-electron chi connectivity index (χ4n) is 2.45. The molecular formula is C15H11FN2O. The lowest BCUT2D eigenvalue weighted by Gasteiger charge is -2.01. The molecule has 0 spiro atoms. The molecule has 0 fully saturated rings. The maximum absolute atomic E-state index is 13.2. The summed E-state index contributed by atoms with van der Waals surface area (Å²) < 4.78 is 18.6. The molecule has 1 aliphatic rings. The van der Waals surface area contributed by atoms with Crippen molar-refractivity contribution in [1.29, 1.82) is 0 Å². The van der Waals surface area contributed by atoms with E-state index in [-0.39, 0.29) is 5.82 Å². The minimum absolute atomic E-state index is 0.259. The van der Waals surface area contributed by atoms with Gasteiger partial charge >= 0.3 is 0 Å². The molecule has 4 heteroatoms. The van der Waals surface area contributed by atoms with E-state index in [2.05, 4.69) is 16.0 Å². The van der Waals surface area contributed by atoms with Crippen LogP contribution in [0.3, 0.4) is 0 Å². The van der Waals surface area contributed by atoms with Crippen molar-refractivity contribution in [3.8, 4) is 17.1 Å². The van der Waals surface area contributed by atoms with Crippen molar-refractivity contribution < 1.29 is 9.13 Å². The minimum Gasteiger partial charge on any atom is -0.493 e. The second-order valence-corrected chi connectivity index (χ2v) is 4.67. The maximum Gasteiger partial charge on any atom is 0.138 e. The molecule has 1 aromatic heterocycles. The Morgan fingerprint density at radius 1 is 1.16 bits per heavy atom. The summed E-state index contributed by atoms with van der Waals surface area (Å²) in [6, 6.07) is 10.6. The predicted molar refractivity (Wildman–Crippen MR) is 70.7 cm³/mol. The number of benzene rings is 2. The molecule has 0 unspecified atom stereocenters. The predicted octanol–water partition coefficient (Wildman–Crippen LogP) is 3.30. The van der Waals surface area contributed by atoms with Crippen molar-refractivity contribution in [2.24, 2.45) is 0 Å². The summed E-state index contributed by atoms with van der Waals surface area (Å²) in [5.74, 6) is 1.45. The van der Waals surface area contributed by atoms with Crippen LogP contribution in [0.5, 0.6) is 5.75 Å². The number of aromatic nitrogens is 2. The Kier molecular flexibility index (Phi) is 2.12. The van der Waals surface area contributed by atoms with Crippen LogP contribution in [-0.2, 0) is 6.42 Å². The van der Waals surface area contributed by atoms with E-state index in [1.54, 1.807) is 6.07 Å². The van der Waals surface area contributed by atoms with E-state index in [1.807, 2.05) is 12.1 Å². The summed E-state index contributed by atoms with van der Waals surface area (Å²) in [7, 11) is 0. The Morgan fingerprint density at radius 3 is 3.05 bits per heavy atom. The molecule has 0 saturated heterocycles. The van der Waals surface area contributed by atoms with Crippen LogP contribution >= 0.6 is 0 Å². The van der Waals surface area contributed by atoms with Gasteiger partial charge in [0.25, 0.3) is 0 Å². The number of hydrogen-bond donors (Lipinski definition) is 1. The third-order valence-electron chi connectivity index (χ3n) is 3.41. The van der Waals surface area contributed by atoms with Gasteiger partial charge < -0.3 is 9.72 Å². The molecule has 19 heavy (non-hydrogen) atoms. The van der Waals surface area contributed by atoms with E-state index in [9.17, 15) is 4.39 Å². The topological polar surface area (TPSA) is 37.9 Å². The number of H-pyrrole nitrogens is 1. The number of aromatic amines is 1. The molecule has 3 aromatic rings. The Balaban J connectivity index is 1.85. The van der Waals surface area contributed by atoms with Crippen LogP contribution in [-0.4, -0.2) is 16.6 Å². The lowest BCUT2D eigenvalue weighted by Crippen LogP contribution is -1.85. The van der Waals surface area contributed by atoms with E-state index >= 15 is 0 Å². The van der Waals surface area contributed by atoms with Crippen molar-refractivity contribution in [1.82, 2.24) is 9.97 Å². The van der Waals surface area contributed by atoms with Crippen molar-refractivity contribution in [3.63, 3.8) is 0 Å². The normalized spacial score (nSPS) is 13.5. The average Bonchev–Trinajstić information content (AvgIpc) is 3.02. The second-order valence-electron chi connectivity index (χ2n) is 4.67. The first-order valence-corrected chi connectivity index (χ1v) is 6.21. The Labute approximate surface area is 109 Å². The molecule has 0 atom stereocenters. The summed E-state index contributed by atoms with van der Waals surface area (Å²) in [6.45, 7) is 0.740. The third-order valence-corrected chi connectivity index (χ3v) is 3.41. The number of hydrogen-bond acceptors (Lipinski definition) is 2. The van der Waals surface area contributed by atoms with Gasteiger partial charge in [0, 0.05) is 12.0 Å². The van der Waals surface area contributed by atoms with Crippen LogP contribution in [0.2, 0.25) is 0 Å². The average molecular weight is 254 g/mol. The van der Waals surface area contributed by atoms with Gasteiger partial charge in [-0.05, 0) is 42.0 Å². The van der Waals surface area contributed by atoms with Gasteiger partial charge in [-0.2, -0.15) is 0 Å². The zero-order valence-corrected chi connectivity index (χ0v) is 10.1. The molecular weight excluding hydrogens is 243 g/mol. The lowest BCUT2D eigenvalue weighted by molar-refractivity contribution is 0.357. The number of halogens is 1. The molecule has 2 heterocycles. The zero-order chi connectivity index (χ0) is 12.8. The first kappa shape index (κ1) is 10.6. The Morgan fingerprint density at radius 2 is 2.11 bits per heavy atom. The van der Waals surface area contributed by atoms with Gasteiger partial charge in [-0.25, -0.2) is 9.37 Å². The Hall–Kier alpha value is -2.36. The SMILES string of the molecule is Fc1ccc2nc(-c3ccc4c(c3)CCO4)[nH]c2c1. The summed E-state index contributed by atoms with van der Waals surface area (Å²) in [4.78, 5) is 7.64. The Bertz CT molecular complexity index is 779. The highest BCUT2D eigenvalue weighted by Crippen LogP contribution is 2.30. The maximum atomic E-state index is 13.2. The number of nitrogens with one attached hydrogen (secondary N) is 1. The van der Waals surface area contributed by atoms with Gasteiger partial charge in [0.15, 0.2) is 0 Å². The highest BCUT2D eigenvalue weighted by atomic mass is 19.1. The molecule has 1 aliphatic heterocycles. The van der Waals surface area contributed by atoms with Crippen LogP contribution in [0.4, 0.5) is 4.39 Å². The summed E-state index contributed by atoms with van der Waals surface area (Å²) in [5.41, 5.74) is 3.69. The van der Waals surface area contributed by atoms with Crippen LogP contribution in [0.1, 0.15) is 5.56 Å². The fraction of sp³-hybridized carbons (Fsp3) is 0.133. The molecule has 0 aliphatic carbocycles. The fourth-order valence-corrected chi connectivity index (χ4v) is 2.45. The van der Waals surface area contributed by atoms with Gasteiger partial charge in [-0.3, -0.25) is 0 Å². The highest BCUT2D eigenvalue weighted by molar-refractivity contribution is 5.79. The smallest absolute Gasteiger partial charge is 0.138 e. The van der Waals surface area contributed by atoms with Crippen molar-refractivity contribution in [2.75, 3.05) is 6.61 Å².